The minimum Gasteiger partial charge on any atom is -0.423 e. The summed E-state index contributed by atoms with van der Waals surface area (Å²) < 4.78 is 24.8. The summed E-state index contributed by atoms with van der Waals surface area (Å²) in [5.41, 5.74) is 2.58. The van der Waals surface area contributed by atoms with E-state index in [1.165, 1.54) is 6.07 Å². The summed E-state index contributed by atoms with van der Waals surface area (Å²) in [7, 11) is 0. The third-order valence-electron chi connectivity index (χ3n) is 4.50. The first kappa shape index (κ1) is 23.2. The number of esters is 2. The van der Waals surface area contributed by atoms with Crippen molar-refractivity contribution in [1.29, 1.82) is 0 Å². The van der Waals surface area contributed by atoms with E-state index in [0.29, 0.717) is 28.2 Å². The molecule has 3 rings (SSSR count). The van der Waals surface area contributed by atoms with Crippen LogP contribution < -0.4 is 9.47 Å². The predicted octanol–water partition coefficient (Wildman–Crippen LogP) is 6.35. The van der Waals surface area contributed by atoms with E-state index < -0.39 is 11.9 Å². The number of halogens is 1. The van der Waals surface area contributed by atoms with Crippen molar-refractivity contribution in [2.75, 3.05) is 0 Å². The summed E-state index contributed by atoms with van der Waals surface area (Å²) in [6, 6.07) is 18.8. The number of carbonyl (C=O) groups excluding carboxylic acids is 2. The van der Waals surface area contributed by atoms with Crippen LogP contribution in [0, 0.1) is 5.82 Å². The predicted molar refractivity (Wildman–Crippen MR) is 129 cm³/mol. The first-order valence-corrected chi connectivity index (χ1v) is 10.0. The van der Waals surface area contributed by atoms with Crippen LogP contribution in [0.25, 0.3) is 24.3 Å². The van der Waals surface area contributed by atoms with Gasteiger partial charge >= 0.3 is 11.9 Å². The molecule has 164 valence electrons. The Labute approximate surface area is 191 Å². The maximum Gasteiger partial charge on any atom is 0.335 e. The highest BCUT2D eigenvalue weighted by Gasteiger charge is 2.05. The lowest BCUT2D eigenvalue weighted by atomic mass is 10.1. The van der Waals surface area contributed by atoms with Crippen LogP contribution in [0.5, 0.6) is 11.5 Å². The molecule has 0 aliphatic rings. The fourth-order valence-corrected chi connectivity index (χ4v) is 2.82. The minimum absolute atomic E-state index is 0.365. The summed E-state index contributed by atoms with van der Waals surface area (Å²) in [6.45, 7) is 6.74. The van der Waals surface area contributed by atoms with E-state index in [4.69, 9.17) is 9.47 Å². The first-order valence-electron chi connectivity index (χ1n) is 10.0. The van der Waals surface area contributed by atoms with Crippen molar-refractivity contribution in [3.05, 3.63) is 120 Å². The second-order valence-electron chi connectivity index (χ2n) is 6.80. The van der Waals surface area contributed by atoms with Gasteiger partial charge in [0.2, 0.25) is 0 Å². The molecule has 3 aromatic rings. The van der Waals surface area contributed by atoms with Crippen LogP contribution in [0.2, 0.25) is 0 Å². The average molecular weight is 440 g/mol. The van der Waals surface area contributed by atoms with Crippen LogP contribution in [0.4, 0.5) is 4.39 Å². The molecular weight excluding hydrogens is 419 g/mol. The average Bonchev–Trinajstić information content (AvgIpc) is 2.83. The lowest BCUT2D eigenvalue weighted by molar-refractivity contribution is -0.129. The lowest BCUT2D eigenvalue weighted by Crippen LogP contribution is -2.03. The van der Waals surface area contributed by atoms with Crippen molar-refractivity contribution in [3.8, 4) is 11.5 Å². The normalized spacial score (nSPS) is 10.8. The fraction of sp³-hybridized carbons (Fsp3) is 0. The smallest absolute Gasteiger partial charge is 0.335 e. The number of hydrogen-bond donors (Lipinski definition) is 0. The molecule has 0 amide bonds. The SMILES string of the molecule is C=CC(=O)Oc1ccc(/C=C/c2ccc(/C=C/c3ccccc3OC(=O)C=C)c(F)c2)cc1. The summed E-state index contributed by atoms with van der Waals surface area (Å²) in [6.07, 6.45) is 9.09. The maximum atomic E-state index is 14.6. The van der Waals surface area contributed by atoms with E-state index in [-0.39, 0.29) is 5.82 Å². The number of para-hydroxylation sites is 1. The van der Waals surface area contributed by atoms with Gasteiger partial charge < -0.3 is 9.47 Å². The molecule has 0 spiro atoms. The van der Waals surface area contributed by atoms with E-state index in [1.54, 1.807) is 78.9 Å². The molecule has 0 fully saturated rings. The zero-order valence-electron chi connectivity index (χ0n) is 17.7. The van der Waals surface area contributed by atoms with Gasteiger partial charge in [0.15, 0.2) is 0 Å². The van der Waals surface area contributed by atoms with Gasteiger partial charge in [-0.3, -0.25) is 0 Å². The number of rotatable bonds is 8. The standard InChI is InChI=1S/C28H21FO4/c1-3-27(30)32-24-17-12-20(13-18-24)9-10-21-11-14-22(25(29)19-21)15-16-23-7-5-6-8-26(23)33-28(31)4-2/h3-19H,1-2H2/b10-9+,16-15+. The highest BCUT2D eigenvalue weighted by atomic mass is 19.1. The van der Waals surface area contributed by atoms with E-state index >= 15 is 0 Å². The fourth-order valence-electron chi connectivity index (χ4n) is 2.82. The van der Waals surface area contributed by atoms with Crippen LogP contribution in [-0.4, -0.2) is 11.9 Å². The molecule has 0 N–H and O–H groups in total. The summed E-state index contributed by atoms with van der Waals surface area (Å²) in [5, 5.41) is 0. The van der Waals surface area contributed by atoms with Crippen LogP contribution in [0.1, 0.15) is 22.3 Å². The van der Waals surface area contributed by atoms with E-state index in [2.05, 4.69) is 13.2 Å². The van der Waals surface area contributed by atoms with Crippen LogP contribution >= 0.6 is 0 Å². The van der Waals surface area contributed by atoms with Gasteiger partial charge in [-0.05, 0) is 35.4 Å². The van der Waals surface area contributed by atoms with E-state index in [9.17, 15) is 14.0 Å². The molecule has 5 heteroatoms. The van der Waals surface area contributed by atoms with Gasteiger partial charge in [0.25, 0.3) is 0 Å². The topological polar surface area (TPSA) is 52.6 Å². The van der Waals surface area contributed by atoms with Crippen LogP contribution in [0.15, 0.2) is 92.0 Å². The molecule has 0 saturated carbocycles. The van der Waals surface area contributed by atoms with Gasteiger partial charge in [-0.25, -0.2) is 14.0 Å². The van der Waals surface area contributed by atoms with Crippen LogP contribution in [0.3, 0.4) is 0 Å². The Bertz CT molecular complexity index is 1240. The molecule has 0 aliphatic heterocycles. The summed E-state index contributed by atoms with van der Waals surface area (Å²) in [5.74, 6) is -0.695. The molecule has 0 bridgehead atoms. The Morgan fingerprint density at radius 2 is 1.30 bits per heavy atom. The van der Waals surface area contributed by atoms with Gasteiger partial charge in [-0.15, -0.1) is 0 Å². The van der Waals surface area contributed by atoms with E-state index in [0.717, 1.165) is 17.7 Å². The van der Waals surface area contributed by atoms with Gasteiger partial charge in [0.1, 0.15) is 17.3 Å². The minimum atomic E-state index is -0.564. The van der Waals surface area contributed by atoms with Crippen molar-refractivity contribution < 1.29 is 23.5 Å². The highest BCUT2D eigenvalue weighted by molar-refractivity contribution is 5.85. The number of carbonyl (C=O) groups is 2. The molecule has 33 heavy (non-hydrogen) atoms. The zero-order chi connectivity index (χ0) is 23.6. The van der Waals surface area contributed by atoms with Crippen molar-refractivity contribution >= 4 is 36.2 Å². The van der Waals surface area contributed by atoms with Gasteiger partial charge in [0.05, 0.1) is 0 Å². The van der Waals surface area contributed by atoms with Gasteiger partial charge in [-0.2, -0.15) is 0 Å². The molecular formula is C28H21FO4. The van der Waals surface area contributed by atoms with Crippen LogP contribution in [-0.2, 0) is 9.59 Å². The van der Waals surface area contributed by atoms with E-state index in [1.807, 2.05) is 6.08 Å². The number of ether oxygens (including phenoxy) is 2. The molecule has 0 aliphatic carbocycles. The van der Waals surface area contributed by atoms with Crippen molar-refractivity contribution in [1.82, 2.24) is 0 Å². The third-order valence-corrected chi connectivity index (χ3v) is 4.50. The molecule has 3 aromatic carbocycles. The summed E-state index contributed by atoms with van der Waals surface area (Å²) in [4.78, 5) is 22.7. The molecule has 0 saturated heterocycles. The third kappa shape index (κ3) is 6.74. The largest absolute Gasteiger partial charge is 0.423 e. The zero-order valence-corrected chi connectivity index (χ0v) is 17.7. The Hall–Kier alpha value is -4.51. The Morgan fingerprint density at radius 3 is 2.00 bits per heavy atom. The molecule has 0 heterocycles. The highest BCUT2D eigenvalue weighted by Crippen LogP contribution is 2.22. The van der Waals surface area contributed by atoms with Crippen molar-refractivity contribution in [2.24, 2.45) is 0 Å². The Morgan fingerprint density at radius 1 is 0.697 bits per heavy atom. The number of benzene rings is 3. The van der Waals surface area contributed by atoms with Gasteiger partial charge in [-0.1, -0.05) is 79.9 Å². The summed E-state index contributed by atoms with van der Waals surface area (Å²) >= 11 is 0. The first-order chi connectivity index (χ1) is 16.0. The second-order valence-corrected chi connectivity index (χ2v) is 6.80. The molecule has 0 radical (unpaired) electrons. The second kappa shape index (κ2) is 11.2. The lowest BCUT2D eigenvalue weighted by Gasteiger charge is -2.05. The molecule has 0 aromatic heterocycles. The van der Waals surface area contributed by atoms with Crippen molar-refractivity contribution in [2.45, 2.75) is 0 Å². The van der Waals surface area contributed by atoms with Gasteiger partial charge in [0, 0.05) is 23.3 Å². The Kier molecular flexibility index (Phi) is 7.86. The molecule has 0 unspecified atom stereocenters. The quantitative estimate of drug-likeness (QED) is 0.177. The monoisotopic (exact) mass is 440 g/mol. The van der Waals surface area contributed by atoms with Crippen molar-refractivity contribution in [3.63, 3.8) is 0 Å². The molecule has 4 nitrogen and oxygen atoms in total. The Balaban J connectivity index is 1.70. The molecule has 0 atom stereocenters. The number of hydrogen-bond acceptors (Lipinski definition) is 4. The maximum absolute atomic E-state index is 14.6.